The molecule has 1 atom stereocenters. The van der Waals surface area contributed by atoms with Crippen LogP contribution >= 0.6 is 0 Å². The molecule has 1 aromatic rings. The SMILES string of the molecule is C[C@@](Cc1ccc(O)c(O)c1)(NC(=O)CCN)C(=O)O.O.O. The van der Waals surface area contributed by atoms with E-state index >= 15 is 0 Å². The molecule has 0 bridgehead atoms. The number of nitrogens with two attached hydrogens (primary N) is 1. The first-order chi connectivity index (χ1) is 9.28. The molecule has 0 aliphatic heterocycles. The summed E-state index contributed by atoms with van der Waals surface area (Å²) in [5.74, 6) is -2.29. The molecule has 0 aliphatic carbocycles. The Morgan fingerprint density at radius 2 is 1.82 bits per heavy atom. The van der Waals surface area contributed by atoms with Crippen molar-refractivity contribution in [2.75, 3.05) is 6.54 Å². The lowest BCUT2D eigenvalue weighted by Crippen LogP contribution is -2.54. The first-order valence-electron chi connectivity index (χ1n) is 6.04. The van der Waals surface area contributed by atoms with Crippen molar-refractivity contribution in [1.82, 2.24) is 5.32 Å². The number of nitrogens with one attached hydrogen (secondary N) is 1. The molecule has 0 saturated heterocycles. The second-order valence-electron chi connectivity index (χ2n) is 4.72. The van der Waals surface area contributed by atoms with Crippen LogP contribution in [0.2, 0.25) is 0 Å². The minimum absolute atomic E-state index is 0. The molecule has 1 amide bonds. The molecule has 1 aromatic carbocycles. The number of aromatic hydroxyl groups is 2. The van der Waals surface area contributed by atoms with Crippen molar-refractivity contribution >= 4 is 11.9 Å². The second kappa shape index (κ2) is 8.82. The molecular weight excluding hydrogens is 296 g/mol. The summed E-state index contributed by atoms with van der Waals surface area (Å²) in [6.45, 7) is 1.50. The van der Waals surface area contributed by atoms with Gasteiger partial charge in [-0.05, 0) is 24.6 Å². The molecule has 10 N–H and O–H groups in total. The van der Waals surface area contributed by atoms with Crippen LogP contribution in [0, 0.1) is 0 Å². The number of rotatable bonds is 6. The van der Waals surface area contributed by atoms with Crippen LogP contribution in [0.25, 0.3) is 0 Å². The number of carboxylic acids is 1. The van der Waals surface area contributed by atoms with Gasteiger partial charge >= 0.3 is 5.97 Å². The largest absolute Gasteiger partial charge is 0.504 e. The monoisotopic (exact) mass is 318 g/mol. The quantitative estimate of drug-likeness (QED) is 0.387. The Bertz CT molecular complexity index is 521. The molecule has 0 aliphatic rings. The zero-order valence-electron chi connectivity index (χ0n) is 12.1. The van der Waals surface area contributed by atoms with Gasteiger partial charge < -0.3 is 37.3 Å². The smallest absolute Gasteiger partial charge is 0.329 e. The molecule has 0 unspecified atom stereocenters. The van der Waals surface area contributed by atoms with Gasteiger partial charge in [0.1, 0.15) is 5.54 Å². The van der Waals surface area contributed by atoms with Crippen LogP contribution in [0.4, 0.5) is 0 Å². The van der Waals surface area contributed by atoms with Gasteiger partial charge in [-0.1, -0.05) is 6.07 Å². The topological polar surface area (TPSA) is 196 Å². The number of carbonyl (C=O) groups excluding carboxylic acids is 1. The Morgan fingerprint density at radius 3 is 2.27 bits per heavy atom. The molecule has 126 valence electrons. The van der Waals surface area contributed by atoms with Crippen molar-refractivity contribution < 1.29 is 35.9 Å². The molecule has 0 radical (unpaired) electrons. The van der Waals surface area contributed by atoms with Crippen molar-refractivity contribution in [3.63, 3.8) is 0 Å². The number of phenolic OH excluding ortho intramolecular Hbond substituents is 2. The van der Waals surface area contributed by atoms with Crippen molar-refractivity contribution in [2.45, 2.75) is 25.3 Å². The second-order valence-corrected chi connectivity index (χ2v) is 4.72. The van der Waals surface area contributed by atoms with Gasteiger partial charge in [0.25, 0.3) is 0 Å². The van der Waals surface area contributed by atoms with Gasteiger partial charge in [0.2, 0.25) is 5.91 Å². The van der Waals surface area contributed by atoms with E-state index in [1.165, 1.54) is 25.1 Å². The fourth-order valence-corrected chi connectivity index (χ4v) is 1.76. The zero-order chi connectivity index (χ0) is 15.3. The highest BCUT2D eigenvalue weighted by Gasteiger charge is 2.35. The highest BCUT2D eigenvalue weighted by atomic mass is 16.4. The van der Waals surface area contributed by atoms with Gasteiger partial charge in [0, 0.05) is 19.4 Å². The van der Waals surface area contributed by atoms with Gasteiger partial charge in [-0.25, -0.2) is 4.79 Å². The van der Waals surface area contributed by atoms with Crippen molar-refractivity contribution in [1.29, 1.82) is 0 Å². The van der Waals surface area contributed by atoms with Crippen LogP contribution in [0.3, 0.4) is 0 Å². The van der Waals surface area contributed by atoms with Crippen molar-refractivity contribution in [3.8, 4) is 11.5 Å². The third kappa shape index (κ3) is 5.56. The van der Waals surface area contributed by atoms with E-state index < -0.39 is 17.4 Å². The average Bonchev–Trinajstić information content (AvgIpc) is 2.33. The summed E-state index contributed by atoms with van der Waals surface area (Å²) < 4.78 is 0. The summed E-state index contributed by atoms with van der Waals surface area (Å²) in [5.41, 5.74) is 4.20. The molecule has 0 fully saturated rings. The number of hydrogen-bond acceptors (Lipinski definition) is 5. The van der Waals surface area contributed by atoms with E-state index in [0.29, 0.717) is 5.56 Å². The van der Waals surface area contributed by atoms with E-state index in [-0.39, 0.29) is 41.8 Å². The van der Waals surface area contributed by atoms with Crippen molar-refractivity contribution in [2.24, 2.45) is 5.73 Å². The Morgan fingerprint density at radius 1 is 1.23 bits per heavy atom. The molecule has 9 nitrogen and oxygen atoms in total. The first kappa shape index (κ1) is 21.9. The van der Waals surface area contributed by atoms with Gasteiger partial charge in [0.15, 0.2) is 11.5 Å². The maximum absolute atomic E-state index is 11.5. The first-order valence-corrected chi connectivity index (χ1v) is 6.04. The lowest BCUT2D eigenvalue weighted by Gasteiger charge is -2.26. The Hall–Kier alpha value is -2.36. The number of benzene rings is 1. The number of amides is 1. The highest BCUT2D eigenvalue weighted by Crippen LogP contribution is 2.26. The van der Waals surface area contributed by atoms with E-state index in [1.54, 1.807) is 0 Å². The standard InChI is InChI=1S/C13H18N2O5.2H2O/c1-13(12(19)20,15-11(18)4-5-14)7-8-2-3-9(16)10(17)6-8;;/h2-3,6,16-17H,4-5,7,14H2,1H3,(H,15,18)(H,19,20);2*1H2/t13-;;/m0../s1. The summed E-state index contributed by atoms with van der Waals surface area (Å²) in [5, 5.41) is 30.3. The summed E-state index contributed by atoms with van der Waals surface area (Å²) in [6, 6.07) is 3.99. The van der Waals surface area contributed by atoms with Gasteiger partial charge in [0.05, 0.1) is 0 Å². The van der Waals surface area contributed by atoms with Crippen molar-refractivity contribution in [3.05, 3.63) is 23.8 Å². The molecule has 0 heterocycles. The molecule has 22 heavy (non-hydrogen) atoms. The Labute approximate surface area is 127 Å². The number of phenols is 2. The number of hydrogen-bond donors (Lipinski definition) is 5. The number of aliphatic carboxylic acids is 1. The van der Waals surface area contributed by atoms with Crippen LogP contribution in [0.15, 0.2) is 18.2 Å². The molecule has 1 rings (SSSR count). The van der Waals surface area contributed by atoms with Crippen LogP contribution in [0.5, 0.6) is 11.5 Å². The summed E-state index contributed by atoms with van der Waals surface area (Å²) in [7, 11) is 0. The third-order valence-corrected chi connectivity index (χ3v) is 2.86. The number of carbonyl (C=O) groups is 2. The van der Waals surface area contributed by atoms with Crippen LogP contribution in [-0.4, -0.2) is 50.2 Å². The average molecular weight is 318 g/mol. The predicted molar refractivity (Wildman–Crippen MR) is 78.6 cm³/mol. The Balaban J connectivity index is 0. The fraction of sp³-hybridized carbons (Fsp3) is 0.385. The predicted octanol–water partition coefficient (Wildman–Crippen LogP) is -1.70. The van der Waals surface area contributed by atoms with Gasteiger partial charge in [-0.15, -0.1) is 0 Å². The fourth-order valence-electron chi connectivity index (χ4n) is 1.76. The summed E-state index contributed by atoms with van der Waals surface area (Å²) in [6.07, 6.45) is -0.00379. The summed E-state index contributed by atoms with van der Waals surface area (Å²) in [4.78, 5) is 22.9. The maximum atomic E-state index is 11.5. The lowest BCUT2D eigenvalue weighted by molar-refractivity contribution is -0.146. The van der Waals surface area contributed by atoms with E-state index in [0.717, 1.165) is 0 Å². The maximum Gasteiger partial charge on any atom is 0.329 e. The molecule has 0 saturated carbocycles. The normalized spacial score (nSPS) is 12.3. The summed E-state index contributed by atoms with van der Waals surface area (Å²) >= 11 is 0. The molecular formula is C13H22N2O7. The highest BCUT2D eigenvalue weighted by molar-refractivity contribution is 5.87. The minimum Gasteiger partial charge on any atom is -0.504 e. The van der Waals surface area contributed by atoms with Crippen LogP contribution in [-0.2, 0) is 16.0 Å². The number of carboxylic acid groups (broad SMARTS) is 1. The molecule has 0 aromatic heterocycles. The van der Waals surface area contributed by atoms with E-state index in [1.807, 2.05) is 0 Å². The van der Waals surface area contributed by atoms with E-state index in [4.69, 9.17) is 5.73 Å². The van der Waals surface area contributed by atoms with Crippen LogP contribution in [0.1, 0.15) is 18.9 Å². The van der Waals surface area contributed by atoms with E-state index in [2.05, 4.69) is 5.32 Å². The molecule has 0 spiro atoms. The van der Waals surface area contributed by atoms with Crippen LogP contribution < -0.4 is 11.1 Å². The van der Waals surface area contributed by atoms with Gasteiger partial charge in [-0.2, -0.15) is 0 Å². The lowest BCUT2D eigenvalue weighted by atomic mass is 9.92. The van der Waals surface area contributed by atoms with E-state index in [9.17, 15) is 24.9 Å². The minimum atomic E-state index is -1.52. The molecule has 9 heteroatoms. The zero-order valence-corrected chi connectivity index (χ0v) is 12.1. The Kier molecular flexibility index (Phi) is 8.79. The van der Waals surface area contributed by atoms with Gasteiger partial charge in [-0.3, -0.25) is 4.79 Å². The third-order valence-electron chi connectivity index (χ3n) is 2.86.